The third-order valence-corrected chi connectivity index (χ3v) is 4.91. The highest BCUT2D eigenvalue weighted by molar-refractivity contribution is 5.76. The number of nitrogens with zero attached hydrogens (tertiary/aromatic N) is 1. The number of benzene rings is 1. The van der Waals surface area contributed by atoms with Gasteiger partial charge < -0.3 is 15.6 Å². The first kappa shape index (κ1) is 17.9. The first-order chi connectivity index (χ1) is 12.5. The zero-order valence-corrected chi connectivity index (χ0v) is 15.0. The van der Waals surface area contributed by atoms with E-state index in [4.69, 9.17) is 5.26 Å². The number of aromatic amines is 1. The average molecular weight is 350 g/mol. The van der Waals surface area contributed by atoms with Crippen molar-refractivity contribution in [1.82, 2.24) is 15.6 Å². The fourth-order valence-corrected chi connectivity index (χ4v) is 3.41. The number of aryl methyl sites for hydroxylation is 1. The van der Waals surface area contributed by atoms with Gasteiger partial charge in [-0.2, -0.15) is 5.26 Å². The molecular weight excluding hydrogens is 328 g/mol. The molecule has 1 aromatic carbocycles. The Morgan fingerprint density at radius 3 is 2.81 bits per heavy atom. The first-order valence-corrected chi connectivity index (χ1v) is 8.70. The minimum absolute atomic E-state index is 0.0490. The lowest BCUT2D eigenvalue weighted by Gasteiger charge is -2.11. The lowest BCUT2D eigenvalue weighted by Crippen LogP contribution is -2.24. The third-order valence-electron chi connectivity index (χ3n) is 4.91. The highest BCUT2D eigenvalue weighted by Crippen LogP contribution is 2.17. The molecule has 6 nitrogen and oxygen atoms in total. The molecule has 1 amide bonds. The van der Waals surface area contributed by atoms with Gasteiger partial charge in [0, 0.05) is 31.7 Å². The quantitative estimate of drug-likeness (QED) is 0.765. The van der Waals surface area contributed by atoms with E-state index in [1.807, 2.05) is 12.1 Å². The molecule has 26 heavy (non-hydrogen) atoms. The maximum Gasteiger partial charge on any atom is 0.266 e. The van der Waals surface area contributed by atoms with E-state index in [2.05, 4.69) is 27.8 Å². The fraction of sp³-hybridized carbons (Fsp3) is 0.350. The maximum absolute atomic E-state index is 12.2. The number of H-pyrrole nitrogens is 1. The molecule has 3 rings (SSSR count). The molecule has 134 valence electrons. The summed E-state index contributed by atoms with van der Waals surface area (Å²) in [6, 6.07) is 8.21. The van der Waals surface area contributed by atoms with Gasteiger partial charge >= 0.3 is 0 Å². The molecule has 2 heterocycles. The molecule has 0 saturated carbocycles. The fourth-order valence-electron chi connectivity index (χ4n) is 3.41. The summed E-state index contributed by atoms with van der Waals surface area (Å²) in [6.45, 7) is 5.83. The monoisotopic (exact) mass is 350 g/mol. The second-order valence-electron chi connectivity index (χ2n) is 6.65. The van der Waals surface area contributed by atoms with Crippen LogP contribution in [0.15, 0.2) is 23.0 Å². The summed E-state index contributed by atoms with van der Waals surface area (Å²) >= 11 is 0. The molecule has 0 radical (unpaired) electrons. The van der Waals surface area contributed by atoms with Crippen molar-refractivity contribution in [3.8, 4) is 6.07 Å². The van der Waals surface area contributed by atoms with Gasteiger partial charge in [0.25, 0.3) is 5.56 Å². The van der Waals surface area contributed by atoms with E-state index in [0.717, 1.165) is 24.2 Å². The summed E-state index contributed by atoms with van der Waals surface area (Å²) in [7, 11) is 0. The number of fused-ring (bicyclic) bond motifs is 1. The predicted molar refractivity (Wildman–Crippen MR) is 98.4 cm³/mol. The van der Waals surface area contributed by atoms with Crippen LogP contribution in [0.2, 0.25) is 0 Å². The zero-order chi connectivity index (χ0) is 18.7. The third kappa shape index (κ3) is 3.68. The van der Waals surface area contributed by atoms with Crippen molar-refractivity contribution in [2.45, 2.75) is 46.3 Å². The lowest BCUT2D eigenvalue weighted by atomic mass is 9.99. The van der Waals surface area contributed by atoms with Crippen LogP contribution in [-0.4, -0.2) is 10.9 Å². The number of hydrogen-bond donors (Lipinski definition) is 3. The summed E-state index contributed by atoms with van der Waals surface area (Å²) in [5.41, 5.74) is 5.68. The van der Waals surface area contributed by atoms with E-state index >= 15 is 0 Å². The number of aromatic nitrogens is 1. The summed E-state index contributed by atoms with van der Waals surface area (Å²) in [5.74, 6) is -0.0490. The molecular formula is C20H22N4O2. The number of carbonyl (C=O) groups is 1. The molecule has 0 saturated heterocycles. The van der Waals surface area contributed by atoms with Crippen LogP contribution in [0.3, 0.4) is 0 Å². The van der Waals surface area contributed by atoms with E-state index in [0.29, 0.717) is 30.6 Å². The summed E-state index contributed by atoms with van der Waals surface area (Å²) < 4.78 is 0. The molecule has 0 atom stereocenters. The Bertz CT molecular complexity index is 954. The topological polar surface area (TPSA) is 97.8 Å². The van der Waals surface area contributed by atoms with Crippen molar-refractivity contribution in [3.05, 3.63) is 67.6 Å². The van der Waals surface area contributed by atoms with Crippen LogP contribution in [-0.2, 0) is 30.8 Å². The standard InChI is InChI=1S/C20H22N4O2/c1-12-17(13(2)24-20(26)18(12)8-21)5-6-19(25)23-9-14-3-4-15-10-22-11-16(15)7-14/h3-4,7,22H,5-6,9-11H2,1-2H3,(H,23,25)(H,24,26). The Hall–Kier alpha value is -2.91. The number of pyridine rings is 1. The van der Waals surface area contributed by atoms with E-state index in [1.165, 1.54) is 11.1 Å². The Kier molecular flexibility index (Phi) is 5.19. The van der Waals surface area contributed by atoms with Crippen molar-refractivity contribution in [2.75, 3.05) is 0 Å². The Morgan fingerprint density at radius 1 is 1.27 bits per heavy atom. The van der Waals surface area contributed by atoms with Crippen molar-refractivity contribution < 1.29 is 4.79 Å². The minimum Gasteiger partial charge on any atom is -0.352 e. The van der Waals surface area contributed by atoms with Gasteiger partial charge in [-0.25, -0.2) is 0 Å². The lowest BCUT2D eigenvalue weighted by molar-refractivity contribution is -0.121. The second-order valence-corrected chi connectivity index (χ2v) is 6.65. The predicted octanol–water partition coefficient (Wildman–Crippen LogP) is 1.72. The molecule has 6 heteroatoms. The van der Waals surface area contributed by atoms with Gasteiger partial charge in [0.05, 0.1) is 0 Å². The van der Waals surface area contributed by atoms with Gasteiger partial charge in [0.15, 0.2) is 0 Å². The minimum atomic E-state index is -0.373. The number of rotatable bonds is 5. The van der Waals surface area contributed by atoms with Gasteiger partial charge in [-0.1, -0.05) is 18.2 Å². The Balaban J connectivity index is 1.60. The van der Waals surface area contributed by atoms with Crippen molar-refractivity contribution in [3.63, 3.8) is 0 Å². The molecule has 1 aliphatic rings. The Morgan fingerprint density at radius 2 is 2.04 bits per heavy atom. The van der Waals surface area contributed by atoms with Crippen LogP contribution in [0.25, 0.3) is 0 Å². The number of nitriles is 1. The number of amides is 1. The van der Waals surface area contributed by atoms with E-state index < -0.39 is 0 Å². The molecule has 2 aromatic rings. The first-order valence-electron chi connectivity index (χ1n) is 8.70. The van der Waals surface area contributed by atoms with Crippen molar-refractivity contribution in [2.24, 2.45) is 0 Å². The summed E-state index contributed by atoms with van der Waals surface area (Å²) in [4.78, 5) is 26.7. The van der Waals surface area contributed by atoms with Gasteiger partial charge in [-0.3, -0.25) is 9.59 Å². The molecule has 0 bridgehead atoms. The zero-order valence-electron chi connectivity index (χ0n) is 15.0. The molecule has 1 aromatic heterocycles. The molecule has 0 fully saturated rings. The van der Waals surface area contributed by atoms with Crippen molar-refractivity contribution in [1.29, 1.82) is 5.26 Å². The SMILES string of the molecule is Cc1[nH]c(=O)c(C#N)c(C)c1CCC(=O)NCc1ccc2c(c1)CNC2. The average Bonchev–Trinajstić information content (AvgIpc) is 3.07. The molecule has 3 N–H and O–H groups in total. The van der Waals surface area contributed by atoms with Crippen molar-refractivity contribution >= 4 is 5.91 Å². The van der Waals surface area contributed by atoms with Gasteiger partial charge in [-0.15, -0.1) is 0 Å². The normalized spacial score (nSPS) is 12.5. The number of nitrogens with one attached hydrogen (secondary N) is 3. The highest BCUT2D eigenvalue weighted by Gasteiger charge is 2.14. The van der Waals surface area contributed by atoms with Crippen LogP contribution in [0.5, 0.6) is 0 Å². The van der Waals surface area contributed by atoms with Gasteiger partial charge in [0.2, 0.25) is 5.91 Å². The van der Waals surface area contributed by atoms with Gasteiger partial charge in [0.1, 0.15) is 11.6 Å². The van der Waals surface area contributed by atoms with Crippen LogP contribution in [0.1, 0.15) is 45.5 Å². The number of hydrogen-bond acceptors (Lipinski definition) is 4. The second kappa shape index (κ2) is 7.54. The summed E-state index contributed by atoms with van der Waals surface area (Å²) in [6.07, 6.45) is 0.800. The van der Waals surface area contributed by atoms with E-state index in [-0.39, 0.29) is 17.0 Å². The molecule has 0 aliphatic carbocycles. The molecule has 0 spiro atoms. The van der Waals surface area contributed by atoms with Crippen LogP contribution in [0, 0.1) is 25.2 Å². The molecule has 0 unspecified atom stereocenters. The maximum atomic E-state index is 12.2. The Labute approximate surface area is 152 Å². The van der Waals surface area contributed by atoms with E-state index in [9.17, 15) is 9.59 Å². The van der Waals surface area contributed by atoms with Crippen LogP contribution < -0.4 is 16.2 Å². The van der Waals surface area contributed by atoms with Crippen LogP contribution in [0.4, 0.5) is 0 Å². The molecule has 1 aliphatic heterocycles. The smallest absolute Gasteiger partial charge is 0.266 e. The van der Waals surface area contributed by atoms with Gasteiger partial charge in [-0.05, 0) is 48.1 Å². The van der Waals surface area contributed by atoms with Crippen LogP contribution >= 0.6 is 0 Å². The van der Waals surface area contributed by atoms with E-state index in [1.54, 1.807) is 13.8 Å². The largest absolute Gasteiger partial charge is 0.352 e. The number of carbonyl (C=O) groups excluding carboxylic acids is 1. The summed E-state index contributed by atoms with van der Waals surface area (Å²) in [5, 5.41) is 15.4. The highest BCUT2D eigenvalue weighted by atomic mass is 16.1.